The van der Waals surface area contributed by atoms with Crippen LogP contribution in [0, 0.1) is 11.3 Å². The molecule has 3 fully saturated rings. The average Bonchev–Trinajstić information content (AvgIpc) is 3.38. The topological polar surface area (TPSA) is 110 Å². The first-order chi connectivity index (χ1) is 18.4. The zero-order chi connectivity index (χ0) is 29.4. The quantitative estimate of drug-likeness (QED) is 0.538. The summed E-state index contributed by atoms with van der Waals surface area (Å²) >= 11 is 0. The van der Waals surface area contributed by atoms with Crippen LogP contribution >= 0.6 is 0 Å². The predicted octanol–water partition coefficient (Wildman–Crippen LogP) is 3.36. The Balaban J connectivity index is 1.48. The van der Waals surface area contributed by atoms with Crippen LogP contribution < -0.4 is 5.14 Å². The molecule has 1 spiro atoms. The molecule has 2 amide bonds. The minimum atomic E-state index is -5.10. The van der Waals surface area contributed by atoms with Crippen LogP contribution in [-0.4, -0.2) is 67.5 Å². The highest BCUT2D eigenvalue weighted by Crippen LogP contribution is 2.56. The van der Waals surface area contributed by atoms with E-state index >= 15 is 0 Å². The van der Waals surface area contributed by atoms with Crippen molar-refractivity contribution in [2.45, 2.75) is 87.4 Å². The van der Waals surface area contributed by atoms with E-state index in [4.69, 9.17) is 9.88 Å². The van der Waals surface area contributed by atoms with Crippen molar-refractivity contribution in [1.29, 1.82) is 0 Å². The number of alkyl halides is 6. The van der Waals surface area contributed by atoms with Gasteiger partial charge in [0.05, 0.1) is 15.9 Å². The maximum atomic E-state index is 13.9. The van der Waals surface area contributed by atoms with Crippen LogP contribution in [0.1, 0.15) is 55.7 Å². The van der Waals surface area contributed by atoms with Crippen molar-refractivity contribution < 1.29 is 49.1 Å². The van der Waals surface area contributed by atoms with Gasteiger partial charge in [-0.2, -0.15) is 26.3 Å². The molecule has 2 unspecified atom stereocenters. The van der Waals surface area contributed by atoms with Crippen molar-refractivity contribution >= 4 is 21.8 Å². The Bertz CT molecular complexity index is 1330. The van der Waals surface area contributed by atoms with Crippen LogP contribution in [0.3, 0.4) is 0 Å². The summed E-state index contributed by atoms with van der Waals surface area (Å²) in [6.45, 7) is 1.88. The molecule has 1 aromatic carbocycles. The smallest absolute Gasteiger partial charge is 0.381 e. The Hall–Kier alpha value is -2.39. The fourth-order valence-corrected chi connectivity index (χ4v) is 8.11. The third kappa shape index (κ3) is 4.77. The number of carbonyl (C=O) groups is 2. The number of hydrogen-bond acceptors (Lipinski definition) is 5. The van der Waals surface area contributed by atoms with E-state index in [1.807, 2.05) is 0 Å². The van der Waals surface area contributed by atoms with Crippen molar-refractivity contribution in [3.63, 3.8) is 0 Å². The van der Waals surface area contributed by atoms with Crippen LogP contribution in [0.5, 0.6) is 0 Å². The first-order valence-corrected chi connectivity index (χ1v) is 14.5. The van der Waals surface area contributed by atoms with Crippen molar-refractivity contribution in [2.75, 3.05) is 13.2 Å². The van der Waals surface area contributed by atoms with Crippen molar-refractivity contribution in [2.24, 2.45) is 16.5 Å². The number of carbonyl (C=O) groups excluding carboxylic acids is 2. The lowest BCUT2D eigenvalue weighted by molar-refractivity contribution is -0.192. The molecule has 5 rings (SSSR count). The van der Waals surface area contributed by atoms with Gasteiger partial charge in [-0.15, -0.1) is 0 Å². The third-order valence-electron chi connectivity index (χ3n) is 9.20. The highest BCUT2D eigenvalue weighted by Gasteiger charge is 2.62. The van der Waals surface area contributed by atoms with Gasteiger partial charge in [-0.05, 0) is 67.7 Å². The second-order valence-electron chi connectivity index (χ2n) is 11.3. The van der Waals surface area contributed by atoms with Gasteiger partial charge in [0.15, 0.2) is 0 Å². The SMILES string of the molecule is CC1C2Cc3c(cc(C(F)(F)F)cc3S(N)(=O)=O)CN2C(=O)[C@]12CC[C@@H](N(C(=O)C(F)(F)F)C1CCOCC1)C2. The summed E-state index contributed by atoms with van der Waals surface area (Å²) in [6.07, 6.45) is -9.22. The molecule has 15 heteroatoms. The summed E-state index contributed by atoms with van der Waals surface area (Å²) in [6, 6.07) is -0.828. The van der Waals surface area contributed by atoms with E-state index in [-0.39, 0.29) is 69.4 Å². The number of ether oxygens (including phenoxy) is 1. The average molecular weight is 598 g/mol. The number of rotatable bonds is 3. The Kier molecular flexibility index (Phi) is 6.97. The molecule has 1 aliphatic carbocycles. The minimum absolute atomic E-state index is 0.0123. The van der Waals surface area contributed by atoms with Gasteiger partial charge in [-0.1, -0.05) is 6.92 Å². The van der Waals surface area contributed by atoms with Crippen LogP contribution in [0.15, 0.2) is 17.0 Å². The maximum Gasteiger partial charge on any atom is 0.471 e. The van der Waals surface area contributed by atoms with E-state index in [0.717, 1.165) is 11.0 Å². The number of fused-ring (bicyclic) bond motifs is 2. The number of halogens is 6. The molecule has 4 atom stereocenters. The zero-order valence-electron chi connectivity index (χ0n) is 21.5. The molecule has 1 saturated carbocycles. The Labute approximate surface area is 226 Å². The molecule has 4 aliphatic rings. The summed E-state index contributed by atoms with van der Waals surface area (Å²) in [7, 11) is -4.53. The summed E-state index contributed by atoms with van der Waals surface area (Å²) in [5.74, 6) is -2.83. The minimum Gasteiger partial charge on any atom is -0.381 e. The number of hydrogen-bond donors (Lipinski definition) is 1. The normalized spacial score (nSPS) is 29.6. The Morgan fingerprint density at radius 2 is 1.75 bits per heavy atom. The van der Waals surface area contributed by atoms with Crippen LogP contribution in [-0.2, 0) is 43.5 Å². The predicted molar refractivity (Wildman–Crippen MR) is 127 cm³/mol. The maximum absolute atomic E-state index is 13.9. The molecule has 2 saturated heterocycles. The second kappa shape index (κ2) is 9.58. The van der Waals surface area contributed by atoms with Gasteiger partial charge in [0.1, 0.15) is 0 Å². The van der Waals surface area contributed by atoms with Gasteiger partial charge < -0.3 is 14.5 Å². The van der Waals surface area contributed by atoms with Crippen molar-refractivity contribution in [3.8, 4) is 0 Å². The monoisotopic (exact) mass is 597 g/mol. The lowest BCUT2D eigenvalue weighted by Gasteiger charge is -2.39. The van der Waals surface area contributed by atoms with Crippen LogP contribution in [0.4, 0.5) is 26.3 Å². The summed E-state index contributed by atoms with van der Waals surface area (Å²) in [4.78, 5) is 28.1. The molecule has 222 valence electrons. The summed E-state index contributed by atoms with van der Waals surface area (Å²) in [5.41, 5.74) is -2.22. The second-order valence-corrected chi connectivity index (χ2v) is 12.8. The lowest BCUT2D eigenvalue weighted by atomic mass is 9.73. The fourth-order valence-electron chi connectivity index (χ4n) is 7.27. The molecule has 40 heavy (non-hydrogen) atoms. The van der Waals surface area contributed by atoms with Crippen LogP contribution in [0.2, 0.25) is 0 Å². The molecule has 0 aromatic heterocycles. The molecule has 8 nitrogen and oxygen atoms in total. The lowest BCUT2D eigenvalue weighted by Crippen LogP contribution is -2.53. The van der Waals surface area contributed by atoms with E-state index in [2.05, 4.69) is 0 Å². The standard InChI is InChI=1S/C25H29F6N3O5S/c1-13-19-10-18-14(8-15(24(26,27)28)9-20(18)40(32,37)38)12-33(19)21(35)23(13)5-2-17(11-23)34(22(36)25(29,30)31)16-3-6-39-7-4-16/h8-9,13,16-17,19H,2-7,10-12H2,1H3,(H2,32,37,38)/t13?,17-,19?,23+/m1/s1. The Morgan fingerprint density at radius 3 is 2.33 bits per heavy atom. The fraction of sp³-hybridized carbons (Fsp3) is 0.680. The number of nitrogens with two attached hydrogens (primary N) is 1. The summed E-state index contributed by atoms with van der Waals surface area (Å²) in [5, 5.41) is 5.28. The van der Waals surface area contributed by atoms with E-state index in [1.54, 1.807) is 6.92 Å². The van der Waals surface area contributed by atoms with E-state index in [0.29, 0.717) is 6.07 Å². The van der Waals surface area contributed by atoms with Crippen molar-refractivity contribution in [3.05, 3.63) is 28.8 Å². The molecule has 1 aromatic rings. The molecule has 3 aliphatic heterocycles. The molecule has 2 N–H and O–H groups in total. The molecule has 0 radical (unpaired) electrons. The van der Waals surface area contributed by atoms with Gasteiger partial charge in [-0.25, -0.2) is 13.6 Å². The van der Waals surface area contributed by atoms with Gasteiger partial charge >= 0.3 is 18.3 Å². The highest BCUT2D eigenvalue weighted by atomic mass is 32.2. The molecule has 0 bridgehead atoms. The number of primary sulfonamides is 1. The van der Waals surface area contributed by atoms with E-state index in [1.165, 1.54) is 4.90 Å². The number of amides is 2. The number of benzene rings is 1. The molecular formula is C25H29F6N3O5S. The largest absolute Gasteiger partial charge is 0.471 e. The van der Waals surface area contributed by atoms with Gasteiger partial charge in [0.25, 0.3) is 0 Å². The Morgan fingerprint density at radius 1 is 1.10 bits per heavy atom. The highest BCUT2D eigenvalue weighted by molar-refractivity contribution is 7.89. The van der Waals surface area contributed by atoms with E-state index in [9.17, 15) is 44.3 Å². The molecular weight excluding hydrogens is 568 g/mol. The first kappa shape index (κ1) is 29.1. The van der Waals surface area contributed by atoms with Crippen molar-refractivity contribution in [1.82, 2.24) is 9.80 Å². The number of nitrogens with zero attached hydrogens (tertiary/aromatic N) is 2. The third-order valence-corrected chi connectivity index (χ3v) is 10.2. The first-order valence-electron chi connectivity index (χ1n) is 13.0. The zero-order valence-corrected chi connectivity index (χ0v) is 22.3. The molecule has 3 heterocycles. The van der Waals surface area contributed by atoms with Crippen LogP contribution in [0.25, 0.3) is 0 Å². The van der Waals surface area contributed by atoms with Gasteiger partial charge in [-0.3, -0.25) is 9.59 Å². The van der Waals surface area contributed by atoms with Gasteiger partial charge in [0, 0.05) is 37.9 Å². The summed E-state index contributed by atoms with van der Waals surface area (Å²) < 4.78 is 111. The number of sulfonamides is 1. The van der Waals surface area contributed by atoms with Gasteiger partial charge in [0.2, 0.25) is 15.9 Å². The van der Waals surface area contributed by atoms with E-state index < -0.39 is 74.1 Å².